The van der Waals surface area contributed by atoms with Crippen LogP contribution in [0, 0.1) is 6.92 Å². The molecule has 2 aromatic rings. The first-order valence-corrected chi connectivity index (χ1v) is 9.36. The quantitative estimate of drug-likeness (QED) is 0.678. The van der Waals surface area contributed by atoms with Gasteiger partial charge < -0.3 is 15.4 Å². The molecule has 1 heterocycles. The number of carbonyl (C=O) groups is 3. The molecule has 0 bridgehead atoms. The van der Waals surface area contributed by atoms with Crippen LogP contribution >= 0.6 is 11.3 Å². The van der Waals surface area contributed by atoms with Gasteiger partial charge in [0.1, 0.15) is 5.00 Å². The number of anilines is 2. The molecular weight excluding hydrogens is 366 g/mol. The first-order valence-electron chi connectivity index (χ1n) is 8.48. The average Bonchev–Trinajstić information content (AvgIpc) is 3.04. The van der Waals surface area contributed by atoms with Gasteiger partial charge in [-0.25, -0.2) is 4.79 Å². The number of benzene rings is 1. The van der Waals surface area contributed by atoms with E-state index in [1.54, 1.807) is 30.3 Å². The normalized spacial score (nSPS) is 10.5. The van der Waals surface area contributed by atoms with Gasteiger partial charge in [-0.1, -0.05) is 17.7 Å². The third kappa shape index (κ3) is 6.50. The number of ether oxygens (including phenoxy) is 1. The van der Waals surface area contributed by atoms with Crippen molar-refractivity contribution in [3.05, 3.63) is 46.8 Å². The molecule has 2 amide bonds. The molecule has 0 spiro atoms. The molecule has 1 aromatic carbocycles. The van der Waals surface area contributed by atoms with Crippen LogP contribution in [-0.4, -0.2) is 49.4 Å². The van der Waals surface area contributed by atoms with Crippen molar-refractivity contribution in [3.63, 3.8) is 0 Å². The van der Waals surface area contributed by atoms with Crippen molar-refractivity contribution in [2.45, 2.75) is 13.8 Å². The molecule has 0 aliphatic rings. The Morgan fingerprint density at radius 1 is 1.04 bits per heavy atom. The van der Waals surface area contributed by atoms with E-state index in [-0.39, 0.29) is 31.5 Å². The summed E-state index contributed by atoms with van der Waals surface area (Å²) in [6.07, 6.45) is 0. The van der Waals surface area contributed by atoms with E-state index >= 15 is 0 Å². The molecule has 0 unspecified atom stereocenters. The van der Waals surface area contributed by atoms with E-state index in [0.717, 1.165) is 5.56 Å². The van der Waals surface area contributed by atoms with Crippen molar-refractivity contribution in [1.82, 2.24) is 4.90 Å². The Morgan fingerprint density at radius 3 is 2.30 bits per heavy atom. The fourth-order valence-electron chi connectivity index (χ4n) is 2.33. The van der Waals surface area contributed by atoms with Gasteiger partial charge in [0.25, 0.3) is 0 Å². The molecule has 0 fully saturated rings. The van der Waals surface area contributed by atoms with Gasteiger partial charge in [0.2, 0.25) is 11.8 Å². The Kier molecular flexibility index (Phi) is 7.51. The summed E-state index contributed by atoms with van der Waals surface area (Å²) in [5.41, 5.74) is 2.15. The van der Waals surface area contributed by atoms with Crippen molar-refractivity contribution >= 4 is 39.8 Å². The van der Waals surface area contributed by atoms with Gasteiger partial charge in [-0.05, 0) is 44.5 Å². The van der Waals surface area contributed by atoms with Crippen molar-refractivity contribution in [2.24, 2.45) is 0 Å². The Balaban J connectivity index is 1.83. The van der Waals surface area contributed by atoms with E-state index in [2.05, 4.69) is 10.6 Å². The predicted molar refractivity (Wildman–Crippen MR) is 106 cm³/mol. The van der Waals surface area contributed by atoms with Gasteiger partial charge in [-0.3, -0.25) is 14.5 Å². The van der Waals surface area contributed by atoms with E-state index in [0.29, 0.717) is 16.3 Å². The smallest absolute Gasteiger partial charge is 0.341 e. The molecule has 1 aromatic heterocycles. The van der Waals surface area contributed by atoms with Crippen LogP contribution in [0.3, 0.4) is 0 Å². The van der Waals surface area contributed by atoms with Crippen LogP contribution in [0.15, 0.2) is 35.7 Å². The van der Waals surface area contributed by atoms with E-state index in [9.17, 15) is 14.4 Å². The van der Waals surface area contributed by atoms with Crippen molar-refractivity contribution in [2.75, 3.05) is 37.4 Å². The van der Waals surface area contributed by atoms with Crippen LogP contribution in [0.1, 0.15) is 22.8 Å². The van der Waals surface area contributed by atoms with E-state index in [4.69, 9.17) is 4.74 Å². The molecule has 0 aliphatic carbocycles. The van der Waals surface area contributed by atoms with Gasteiger partial charge in [0.05, 0.1) is 25.3 Å². The van der Waals surface area contributed by atoms with Crippen LogP contribution in [0.2, 0.25) is 0 Å². The lowest BCUT2D eigenvalue weighted by Gasteiger charge is -2.16. The number of amides is 2. The number of rotatable bonds is 8. The zero-order valence-corrected chi connectivity index (χ0v) is 16.4. The van der Waals surface area contributed by atoms with Crippen molar-refractivity contribution in [3.8, 4) is 0 Å². The lowest BCUT2D eigenvalue weighted by atomic mass is 10.2. The first kappa shape index (κ1) is 20.6. The number of nitrogens with zero attached hydrogens (tertiary/aromatic N) is 1. The minimum atomic E-state index is -0.472. The maximum absolute atomic E-state index is 12.2. The topological polar surface area (TPSA) is 87.7 Å². The summed E-state index contributed by atoms with van der Waals surface area (Å²) in [6.45, 7) is 4.04. The highest BCUT2D eigenvalue weighted by Crippen LogP contribution is 2.24. The molecule has 0 aliphatic heterocycles. The van der Waals surface area contributed by atoms with Gasteiger partial charge >= 0.3 is 5.97 Å². The highest BCUT2D eigenvalue weighted by atomic mass is 32.1. The molecule has 27 heavy (non-hydrogen) atoms. The molecule has 0 saturated carbocycles. The predicted octanol–water partition coefficient (Wildman–Crippen LogP) is 2.74. The van der Waals surface area contributed by atoms with E-state index < -0.39 is 5.97 Å². The van der Waals surface area contributed by atoms with Crippen LogP contribution in [0.4, 0.5) is 10.7 Å². The Labute approximate surface area is 162 Å². The number of carbonyl (C=O) groups excluding carboxylic acids is 3. The fraction of sp³-hybridized carbons (Fsp3) is 0.316. The second-order valence-electron chi connectivity index (χ2n) is 6.02. The summed E-state index contributed by atoms with van der Waals surface area (Å²) in [6, 6.07) is 9.09. The molecule has 0 atom stereocenters. The molecular formula is C19H23N3O4S. The number of likely N-dealkylation sites (N-methyl/N-ethyl adjacent to an activating group) is 1. The standard InChI is InChI=1S/C19H23N3O4S/c1-4-26-19(25)15-9-10-27-18(15)21-17(24)12-22(3)11-16(23)20-14-7-5-13(2)6-8-14/h5-10H,4,11-12H2,1-3H3,(H,20,23)(H,21,24). The largest absolute Gasteiger partial charge is 0.462 e. The maximum atomic E-state index is 12.2. The first-order chi connectivity index (χ1) is 12.9. The monoisotopic (exact) mass is 389 g/mol. The fourth-order valence-corrected chi connectivity index (χ4v) is 3.12. The molecule has 7 nitrogen and oxygen atoms in total. The van der Waals surface area contributed by atoms with Crippen molar-refractivity contribution in [1.29, 1.82) is 0 Å². The van der Waals surface area contributed by atoms with Gasteiger partial charge in [-0.2, -0.15) is 0 Å². The second-order valence-corrected chi connectivity index (χ2v) is 6.93. The van der Waals surface area contributed by atoms with Gasteiger partial charge in [0, 0.05) is 5.69 Å². The van der Waals surface area contributed by atoms with Crippen LogP contribution in [0.25, 0.3) is 0 Å². The molecule has 2 rings (SSSR count). The minimum Gasteiger partial charge on any atom is -0.462 e. The van der Waals surface area contributed by atoms with E-state index in [1.807, 2.05) is 31.2 Å². The van der Waals surface area contributed by atoms with Crippen LogP contribution in [-0.2, 0) is 14.3 Å². The number of hydrogen-bond acceptors (Lipinski definition) is 6. The van der Waals surface area contributed by atoms with Crippen molar-refractivity contribution < 1.29 is 19.1 Å². The highest BCUT2D eigenvalue weighted by Gasteiger charge is 2.17. The molecule has 0 saturated heterocycles. The molecule has 8 heteroatoms. The Bertz CT molecular complexity index is 802. The number of nitrogens with one attached hydrogen (secondary N) is 2. The maximum Gasteiger partial charge on any atom is 0.341 e. The van der Waals surface area contributed by atoms with E-state index in [1.165, 1.54) is 11.3 Å². The summed E-state index contributed by atoms with van der Waals surface area (Å²) >= 11 is 1.25. The summed E-state index contributed by atoms with van der Waals surface area (Å²) in [7, 11) is 1.68. The molecule has 144 valence electrons. The molecule has 2 N–H and O–H groups in total. The second kappa shape index (κ2) is 9.84. The average molecular weight is 389 g/mol. The third-order valence-electron chi connectivity index (χ3n) is 3.58. The summed E-state index contributed by atoms with van der Waals surface area (Å²) < 4.78 is 4.96. The SMILES string of the molecule is CCOC(=O)c1ccsc1NC(=O)CN(C)CC(=O)Nc1ccc(C)cc1. The Hall–Kier alpha value is -2.71. The number of thiophene rings is 1. The Morgan fingerprint density at radius 2 is 1.67 bits per heavy atom. The number of esters is 1. The zero-order chi connectivity index (χ0) is 19.8. The van der Waals surface area contributed by atoms with Gasteiger partial charge in [-0.15, -0.1) is 11.3 Å². The zero-order valence-electron chi connectivity index (χ0n) is 15.6. The van der Waals surface area contributed by atoms with Crippen LogP contribution < -0.4 is 10.6 Å². The molecule has 0 radical (unpaired) electrons. The highest BCUT2D eigenvalue weighted by molar-refractivity contribution is 7.14. The minimum absolute atomic E-state index is 0.0154. The summed E-state index contributed by atoms with van der Waals surface area (Å²) in [5, 5.41) is 7.63. The lowest BCUT2D eigenvalue weighted by Crippen LogP contribution is -2.36. The number of aryl methyl sites for hydroxylation is 1. The summed E-state index contributed by atoms with van der Waals surface area (Å²) in [4.78, 5) is 37.7. The lowest BCUT2D eigenvalue weighted by molar-refractivity contribution is -0.119. The third-order valence-corrected chi connectivity index (χ3v) is 4.41. The number of hydrogen-bond donors (Lipinski definition) is 2. The van der Waals surface area contributed by atoms with Gasteiger partial charge in [0.15, 0.2) is 0 Å². The summed E-state index contributed by atoms with van der Waals surface area (Å²) in [5.74, 6) is -0.994. The van der Waals surface area contributed by atoms with Crippen LogP contribution in [0.5, 0.6) is 0 Å².